The number of halogens is 2. The van der Waals surface area contributed by atoms with Crippen LogP contribution in [0.1, 0.15) is 20.8 Å². The number of ether oxygens (including phenoxy) is 2. The third-order valence-electron chi connectivity index (χ3n) is 4.57. The van der Waals surface area contributed by atoms with E-state index in [2.05, 4.69) is 20.8 Å². The molecule has 0 aliphatic carbocycles. The van der Waals surface area contributed by atoms with E-state index < -0.39 is 17.5 Å². The second kappa shape index (κ2) is 7.81. The largest absolute Gasteiger partial charge is 0.443 e. The highest BCUT2D eigenvalue weighted by Gasteiger charge is 2.35. The van der Waals surface area contributed by atoms with Crippen molar-refractivity contribution in [1.29, 1.82) is 0 Å². The van der Waals surface area contributed by atoms with Gasteiger partial charge in [-0.3, -0.25) is 0 Å². The van der Waals surface area contributed by atoms with Crippen LogP contribution < -0.4 is 9.80 Å². The maximum absolute atomic E-state index is 15.4. The zero-order chi connectivity index (χ0) is 20.8. The molecular formula is C21H22BrFN2O3S. The Bertz CT molecular complexity index is 958. The number of fused-ring (bicyclic) bond motifs is 2. The van der Waals surface area contributed by atoms with E-state index in [-0.39, 0.29) is 5.69 Å². The minimum Gasteiger partial charge on any atom is -0.443 e. The van der Waals surface area contributed by atoms with Crippen molar-refractivity contribution >= 4 is 50.8 Å². The highest BCUT2D eigenvalue weighted by atomic mass is 79.9. The van der Waals surface area contributed by atoms with Crippen LogP contribution in [0.2, 0.25) is 0 Å². The molecule has 5 nitrogen and oxygen atoms in total. The Morgan fingerprint density at radius 2 is 1.90 bits per heavy atom. The molecule has 0 N–H and O–H groups in total. The van der Waals surface area contributed by atoms with E-state index >= 15 is 4.39 Å². The number of benzene rings is 2. The normalized spacial score (nSPS) is 16.3. The average Bonchev–Trinajstić information content (AvgIpc) is 2.65. The van der Waals surface area contributed by atoms with Crippen LogP contribution in [0.5, 0.6) is 0 Å². The van der Waals surface area contributed by atoms with Crippen molar-refractivity contribution in [1.82, 2.24) is 0 Å². The molecule has 8 heteroatoms. The summed E-state index contributed by atoms with van der Waals surface area (Å²) in [7, 11) is 0. The molecule has 0 aromatic heterocycles. The van der Waals surface area contributed by atoms with Gasteiger partial charge in [0, 0.05) is 33.0 Å². The molecule has 0 radical (unpaired) electrons. The van der Waals surface area contributed by atoms with Crippen LogP contribution in [0.4, 0.5) is 26.2 Å². The van der Waals surface area contributed by atoms with Crippen LogP contribution >= 0.6 is 27.7 Å². The second-order valence-electron chi connectivity index (χ2n) is 7.90. The standard InChI is InChI=1S/C21H22BrFN2O3S/c1-21(2,3)28-20(26)25-16-5-4-13(22)10-17(16)29-18-12-14(11-15(23)19(18)25)24-6-8-27-9-7-24/h4-5,10-12H,6-9H2,1-3H3. The summed E-state index contributed by atoms with van der Waals surface area (Å²) in [5.74, 6) is -0.448. The number of morpholine rings is 1. The highest BCUT2D eigenvalue weighted by Crippen LogP contribution is 2.51. The van der Waals surface area contributed by atoms with E-state index in [4.69, 9.17) is 9.47 Å². The summed E-state index contributed by atoms with van der Waals surface area (Å²) in [6.45, 7) is 8.04. The number of rotatable bonds is 1. The Labute approximate surface area is 182 Å². The fourth-order valence-corrected chi connectivity index (χ4v) is 5.01. The topological polar surface area (TPSA) is 42.0 Å². The van der Waals surface area contributed by atoms with Gasteiger partial charge in [0.1, 0.15) is 11.3 Å². The van der Waals surface area contributed by atoms with Crippen LogP contribution in [-0.2, 0) is 9.47 Å². The van der Waals surface area contributed by atoms with Crippen molar-refractivity contribution in [2.24, 2.45) is 0 Å². The van der Waals surface area contributed by atoms with Crippen LogP contribution in [0.15, 0.2) is 44.6 Å². The number of carbonyl (C=O) groups excluding carboxylic acids is 1. The summed E-state index contributed by atoms with van der Waals surface area (Å²) < 4.78 is 27.3. The number of hydrogen-bond donors (Lipinski definition) is 0. The Morgan fingerprint density at radius 3 is 2.59 bits per heavy atom. The van der Waals surface area contributed by atoms with Gasteiger partial charge < -0.3 is 14.4 Å². The minimum atomic E-state index is -0.693. The molecule has 4 rings (SSSR count). The van der Waals surface area contributed by atoms with E-state index in [0.29, 0.717) is 36.9 Å². The van der Waals surface area contributed by atoms with Crippen molar-refractivity contribution in [3.05, 3.63) is 40.6 Å². The molecule has 0 spiro atoms. The van der Waals surface area contributed by atoms with Crippen LogP contribution in [0.3, 0.4) is 0 Å². The quantitative estimate of drug-likeness (QED) is 0.503. The van der Waals surface area contributed by atoms with Gasteiger partial charge in [0.15, 0.2) is 5.82 Å². The number of hydrogen-bond acceptors (Lipinski definition) is 5. The first-order valence-corrected chi connectivity index (χ1v) is 11.0. The first-order chi connectivity index (χ1) is 13.7. The van der Waals surface area contributed by atoms with E-state index in [1.165, 1.54) is 22.7 Å². The molecule has 2 heterocycles. The number of nitrogens with zero attached hydrogens (tertiary/aromatic N) is 2. The lowest BCUT2D eigenvalue weighted by Gasteiger charge is -2.35. The fraction of sp³-hybridized carbons (Fsp3) is 0.381. The second-order valence-corrected chi connectivity index (χ2v) is 9.90. The Morgan fingerprint density at radius 1 is 1.17 bits per heavy atom. The lowest BCUT2D eigenvalue weighted by atomic mass is 10.2. The molecule has 29 heavy (non-hydrogen) atoms. The lowest BCUT2D eigenvalue weighted by Crippen LogP contribution is -2.37. The summed E-state index contributed by atoms with van der Waals surface area (Å²) in [5.41, 5.74) is 0.940. The number of carbonyl (C=O) groups is 1. The summed E-state index contributed by atoms with van der Waals surface area (Å²) in [4.78, 5) is 18.0. The van der Waals surface area contributed by atoms with Gasteiger partial charge in [0.2, 0.25) is 0 Å². The summed E-state index contributed by atoms with van der Waals surface area (Å²) >= 11 is 4.93. The minimum absolute atomic E-state index is 0.232. The molecule has 2 aromatic carbocycles. The van der Waals surface area contributed by atoms with Crippen molar-refractivity contribution in [3.8, 4) is 0 Å². The number of anilines is 3. The average molecular weight is 481 g/mol. The Hall–Kier alpha value is -1.77. The van der Waals surface area contributed by atoms with Crippen molar-refractivity contribution < 1.29 is 18.7 Å². The van der Waals surface area contributed by atoms with Gasteiger partial charge in [-0.25, -0.2) is 14.1 Å². The first kappa shape index (κ1) is 20.5. The van der Waals surface area contributed by atoms with E-state index in [1.807, 2.05) is 18.2 Å². The zero-order valence-corrected chi connectivity index (χ0v) is 18.9. The maximum atomic E-state index is 15.4. The van der Waals surface area contributed by atoms with E-state index in [9.17, 15) is 4.79 Å². The predicted octanol–water partition coefficient (Wildman–Crippen LogP) is 5.96. The van der Waals surface area contributed by atoms with Gasteiger partial charge in [-0.1, -0.05) is 27.7 Å². The molecule has 1 amide bonds. The SMILES string of the molecule is CC(C)(C)OC(=O)N1c2ccc(Br)cc2Sc2cc(N3CCOCC3)cc(F)c21. The molecule has 0 unspecified atom stereocenters. The van der Waals surface area contributed by atoms with Gasteiger partial charge >= 0.3 is 6.09 Å². The third kappa shape index (κ3) is 4.25. The van der Waals surface area contributed by atoms with Crippen molar-refractivity contribution in [2.45, 2.75) is 36.2 Å². The molecule has 2 aromatic rings. The molecule has 1 fully saturated rings. The summed E-state index contributed by atoms with van der Waals surface area (Å²) in [6, 6.07) is 9.00. The van der Waals surface area contributed by atoms with Gasteiger partial charge in [0.25, 0.3) is 0 Å². The molecule has 1 saturated heterocycles. The molecular weight excluding hydrogens is 459 g/mol. The molecule has 0 atom stereocenters. The van der Waals surface area contributed by atoms with Crippen molar-refractivity contribution in [3.63, 3.8) is 0 Å². The monoisotopic (exact) mass is 480 g/mol. The predicted molar refractivity (Wildman–Crippen MR) is 116 cm³/mol. The maximum Gasteiger partial charge on any atom is 0.419 e. The van der Waals surface area contributed by atoms with E-state index in [0.717, 1.165) is 15.1 Å². The van der Waals surface area contributed by atoms with Crippen LogP contribution in [0, 0.1) is 5.82 Å². The molecule has 0 saturated carbocycles. The van der Waals surface area contributed by atoms with Crippen LogP contribution in [-0.4, -0.2) is 38.0 Å². The summed E-state index contributed by atoms with van der Waals surface area (Å²) in [6.07, 6.45) is -0.597. The molecule has 0 bridgehead atoms. The van der Waals surface area contributed by atoms with E-state index in [1.54, 1.807) is 26.8 Å². The van der Waals surface area contributed by atoms with Gasteiger partial charge in [-0.2, -0.15) is 0 Å². The highest BCUT2D eigenvalue weighted by molar-refractivity contribution is 9.10. The number of amides is 1. The van der Waals surface area contributed by atoms with Crippen LogP contribution in [0.25, 0.3) is 0 Å². The Kier molecular flexibility index (Phi) is 5.52. The first-order valence-electron chi connectivity index (χ1n) is 9.40. The molecule has 2 aliphatic heterocycles. The lowest BCUT2D eigenvalue weighted by molar-refractivity contribution is 0.0596. The van der Waals surface area contributed by atoms with Crippen molar-refractivity contribution in [2.75, 3.05) is 36.1 Å². The molecule has 2 aliphatic rings. The fourth-order valence-electron chi connectivity index (χ4n) is 3.35. The zero-order valence-electron chi connectivity index (χ0n) is 16.5. The summed E-state index contributed by atoms with van der Waals surface area (Å²) in [5, 5.41) is 0. The van der Waals surface area contributed by atoms with Gasteiger partial charge in [0.05, 0.1) is 18.9 Å². The smallest absolute Gasteiger partial charge is 0.419 e. The van der Waals surface area contributed by atoms with Gasteiger partial charge in [-0.05, 0) is 51.1 Å². The Balaban J connectivity index is 1.81. The third-order valence-corrected chi connectivity index (χ3v) is 6.14. The molecule has 154 valence electrons. The van der Waals surface area contributed by atoms with Gasteiger partial charge in [-0.15, -0.1) is 0 Å².